The van der Waals surface area contributed by atoms with Crippen LogP contribution in [0.4, 0.5) is 11.4 Å². The van der Waals surface area contributed by atoms with Gasteiger partial charge in [0, 0.05) is 29.8 Å². The number of Topliss-reactive ketones (excluding diaryl/α,β-unsaturated/α-hetero) is 1. The van der Waals surface area contributed by atoms with Crippen LogP contribution in [0.5, 0.6) is 5.75 Å². The van der Waals surface area contributed by atoms with Crippen molar-refractivity contribution in [2.45, 2.75) is 24.7 Å². The predicted molar refractivity (Wildman–Crippen MR) is 123 cm³/mol. The summed E-state index contributed by atoms with van der Waals surface area (Å²) in [6.07, 6.45) is 0.241. The Morgan fingerprint density at radius 1 is 0.839 bits per heavy atom. The zero-order valence-corrected chi connectivity index (χ0v) is 18.0. The second-order valence-corrected chi connectivity index (χ2v) is 7.90. The average Bonchev–Trinajstić information content (AvgIpc) is 2.80. The molecule has 0 radical (unpaired) electrons. The van der Waals surface area contributed by atoms with Crippen LogP contribution in [0, 0.1) is 0 Å². The Balaban J connectivity index is 1.49. The first kappa shape index (κ1) is 22.2. The second kappa shape index (κ2) is 11.1. The van der Waals surface area contributed by atoms with E-state index in [0.717, 1.165) is 5.75 Å². The van der Waals surface area contributed by atoms with Gasteiger partial charge in [0.2, 0.25) is 5.91 Å². The Bertz CT molecular complexity index is 1040. The highest BCUT2D eigenvalue weighted by molar-refractivity contribution is 7.86. The normalized spacial score (nSPS) is 11.4. The van der Waals surface area contributed by atoms with Crippen LogP contribution in [0.25, 0.3) is 0 Å². The SMILES string of the molecule is CCOc1ccc(NS(=O)c2ccc(NC(=O)CCC(=O)c3ccccc3)cc2)cc1. The van der Waals surface area contributed by atoms with Gasteiger partial charge in [-0.05, 0) is 55.5 Å². The van der Waals surface area contributed by atoms with Crippen molar-refractivity contribution >= 4 is 34.1 Å². The van der Waals surface area contributed by atoms with Gasteiger partial charge in [-0.25, -0.2) is 4.21 Å². The van der Waals surface area contributed by atoms with Gasteiger partial charge in [-0.3, -0.25) is 9.59 Å². The number of ketones is 1. The van der Waals surface area contributed by atoms with Crippen LogP contribution < -0.4 is 14.8 Å². The fourth-order valence-corrected chi connectivity index (χ4v) is 3.68. The Morgan fingerprint density at radius 3 is 2.13 bits per heavy atom. The molecule has 0 aliphatic carbocycles. The number of rotatable bonds is 10. The van der Waals surface area contributed by atoms with E-state index in [1.807, 2.05) is 25.1 Å². The molecule has 1 atom stereocenters. The molecule has 31 heavy (non-hydrogen) atoms. The van der Waals surface area contributed by atoms with Crippen LogP contribution in [0.3, 0.4) is 0 Å². The lowest BCUT2D eigenvalue weighted by Crippen LogP contribution is -2.13. The van der Waals surface area contributed by atoms with Gasteiger partial charge < -0.3 is 14.8 Å². The summed E-state index contributed by atoms with van der Waals surface area (Å²) in [5.41, 5.74) is 1.89. The summed E-state index contributed by atoms with van der Waals surface area (Å²) in [6, 6.07) is 22.9. The number of hydrogen-bond donors (Lipinski definition) is 2. The standard InChI is InChI=1S/C24H24N2O4S/c1-2-30-21-12-8-20(9-13-21)26-31(29)22-14-10-19(11-15-22)25-24(28)17-16-23(27)18-6-4-3-5-7-18/h3-15,26H,2,16-17H2,1H3,(H,25,28). The van der Waals surface area contributed by atoms with Gasteiger partial charge >= 0.3 is 0 Å². The van der Waals surface area contributed by atoms with Crippen molar-refractivity contribution < 1.29 is 18.5 Å². The lowest BCUT2D eigenvalue weighted by molar-refractivity contribution is -0.116. The minimum absolute atomic E-state index is 0.0677. The third-order valence-corrected chi connectivity index (χ3v) is 5.52. The maximum Gasteiger partial charge on any atom is 0.224 e. The molecule has 7 heteroatoms. The van der Waals surface area contributed by atoms with Crippen molar-refractivity contribution in [3.8, 4) is 5.75 Å². The lowest BCUT2D eigenvalue weighted by atomic mass is 10.1. The Kier molecular flexibility index (Phi) is 7.95. The smallest absolute Gasteiger partial charge is 0.224 e. The monoisotopic (exact) mass is 436 g/mol. The van der Waals surface area contributed by atoms with Crippen molar-refractivity contribution in [2.75, 3.05) is 16.6 Å². The number of anilines is 2. The first-order valence-corrected chi connectivity index (χ1v) is 11.1. The minimum atomic E-state index is -1.44. The molecule has 3 aromatic rings. The lowest BCUT2D eigenvalue weighted by Gasteiger charge is -2.09. The van der Waals surface area contributed by atoms with E-state index in [0.29, 0.717) is 28.4 Å². The van der Waals surface area contributed by atoms with E-state index in [1.54, 1.807) is 60.7 Å². The van der Waals surface area contributed by atoms with E-state index in [4.69, 9.17) is 4.74 Å². The third kappa shape index (κ3) is 6.79. The van der Waals surface area contributed by atoms with Crippen LogP contribution in [-0.2, 0) is 15.8 Å². The predicted octanol–water partition coefficient (Wildman–Crippen LogP) is 4.82. The first-order chi connectivity index (χ1) is 15.0. The van der Waals surface area contributed by atoms with E-state index in [-0.39, 0.29) is 24.5 Å². The summed E-state index contributed by atoms with van der Waals surface area (Å²) in [6.45, 7) is 2.50. The maximum absolute atomic E-state index is 12.5. The topological polar surface area (TPSA) is 84.5 Å². The van der Waals surface area contributed by atoms with Gasteiger partial charge in [0.1, 0.15) is 16.7 Å². The fourth-order valence-electron chi connectivity index (χ4n) is 2.83. The third-order valence-electron chi connectivity index (χ3n) is 4.40. The van der Waals surface area contributed by atoms with E-state index < -0.39 is 11.0 Å². The highest BCUT2D eigenvalue weighted by atomic mass is 32.2. The number of nitrogens with one attached hydrogen (secondary N) is 2. The van der Waals surface area contributed by atoms with Crippen molar-refractivity contribution in [2.24, 2.45) is 0 Å². The summed E-state index contributed by atoms with van der Waals surface area (Å²) < 4.78 is 20.8. The highest BCUT2D eigenvalue weighted by Crippen LogP contribution is 2.19. The quantitative estimate of drug-likeness (QED) is 0.446. The zero-order valence-electron chi connectivity index (χ0n) is 17.2. The molecule has 0 aliphatic heterocycles. The fraction of sp³-hybridized carbons (Fsp3) is 0.167. The van der Waals surface area contributed by atoms with E-state index in [2.05, 4.69) is 10.0 Å². The molecule has 3 aromatic carbocycles. The van der Waals surface area contributed by atoms with Crippen LogP contribution in [0.2, 0.25) is 0 Å². The molecule has 1 unspecified atom stereocenters. The Labute approximate surface area is 184 Å². The van der Waals surface area contributed by atoms with E-state index >= 15 is 0 Å². The summed E-state index contributed by atoms with van der Waals surface area (Å²) in [4.78, 5) is 24.8. The van der Waals surface area contributed by atoms with E-state index in [1.165, 1.54) is 0 Å². The number of benzene rings is 3. The van der Waals surface area contributed by atoms with E-state index in [9.17, 15) is 13.8 Å². The number of hydrogen-bond acceptors (Lipinski definition) is 4. The average molecular weight is 437 g/mol. The number of ether oxygens (including phenoxy) is 1. The molecule has 160 valence electrons. The molecule has 0 fully saturated rings. The molecule has 3 rings (SSSR count). The van der Waals surface area contributed by atoms with Crippen molar-refractivity contribution in [1.29, 1.82) is 0 Å². The summed E-state index contributed by atoms with van der Waals surface area (Å²) >= 11 is 0. The molecule has 6 nitrogen and oxygen atoms in total. The molecule has 0 bridgehead atoms. The molecule has 1 amide bonds. The largest absolute Gasteiger partial charge is 0.494 e. The second-order valence-electron chi connectivity index (χ2n) is 6.69. The molecule has 0 saturated heterocycles. The molecule has 2 N–H and O–H groups in total. The summed E-state index contributed by atoms with van der Waals surface area (Å²) in [5, 5.41) is 2.76. The van der Waals surface area contributed by atoms with Crippen LogP contribution in [-0.4, -0.2) is 22.5 Å². The zero-order chi connectivity index (χ0) is 22.1. The van der Waals surface area contributed by atoms with Crippen LogP contribution >= 0.6 is 0 Å². The highest BCUT2D eigenvalue weighted by Gasteiger charge is 2.10. The van der Waals surface area contributed by atoms with Crippen molar-refractivity contribution in [1.82, 2.24) is 0 Å². The summed E-state index contributed by atoms with van der Waals surface area (Å²) in [7, 11) is -1.44. The van der Waals surface area contributed by atoms with Gasteiger partial charge in [-0.15, -0.1) is 0 Å². The molecular weight excluding hydrogens is 412 g/mol. The number of carbonyl (C=O) groups is 2. The molecule has 0 aromatic heterocycles. The molecule has 0 spiro atoms. The van der Waals surface area contributed by atoms with Gasteiger partial charge in [-0.2, -0.15) is 0 Å². The van der Waals surface area contributed by atoms with Crippen LogP contribution in [0.1, 0.15) is 30.1 Å². The summed E-state index contributed by atoms with van der Waals surface area (Å²) in [5.74, 6) is 0.442. The molecule has 0 saturated carbocycles. The Morgan fingerprint density at radius 2 is 1.48 bits per heavy atom. The molecule has 0 heterocycles. The van der Waals surface area contributed by atoms with Crippen molar-refractivity contribution in [3.63, 3.8) is 0 Å². The number of carbonyl (C=O) groups excluding carboxylic acids is 2. The van der Waals surface area contributed by atoms with Gasteiger partial charge in [-0.1, -0.05) is 30.3 Å². The maximum atomic E-state index is 12.5. The van der Waals surface area contributed by atoms with Gasteiger partial charge in [0.25, 0.3) is 0 Å². The van der Waals surface area contributed by atoms with Crippen LogP contribution in [0.15, 0.2) is 83.8 Å². The minimum Gasteiger partial charge on any atom is -0.494 e. The Hall–Kier alpha value is -3.45. The first-order valence-electron chi connectivity index (χ1n) is 9.94. The molecule has 0 aliphatic rings. The van der Waals surface area contributed by atoms with Gasteiger partial charge in [0.15, 0.2) is 5.78 Å². The van der Waals surface area contributed by atoms with Gasteiger partial charge in [0.05, 0.1) is 11.5 Å². The number of amides is 1. The van der Waals surface area contributed by atoms with Crippen molar-refractivity contribution in [3.05, 3.63) is 84.4 Å². The molecular formula is C24H24N2O4S.